The topological polar surface area (TPSA) is 15.3 Å². The summed E-state index contributed by atoms with van der Waals surface area (Å²) in [6, 6.07) is 4.53. The van der Waals surface area contributed by atoms with Crippen molar-refractivity contribution in [2.24, 2.45) is 0 Å². The summed E-state index contributed by atoms with van der Waals surface area (Å²) in [5.74, 6) is 0. The van der Waals surface area contributed by atoms with Gasteiger partial charge in [-0.1, -0.05) is 18.5 Å². The minimum atomic E-state index is 0.440. The van der Waals surface area contributed by atoms with Crippen LogP contribution in [0.5, 0.6) is 0 Å². The van der Waals surface area contributed by atoms with Crippen LogP contribution >= 0.6 is 22.9 Å². The molecule has 2 nitrogen and oxygen atoms in total. The molecule has 1 unspecified atom stereocenters. The van der Waals surface area contributed by atoms with Gasteiger partial charge in [0, 0.05) is 10.9 Å². The SMILES string of the molecule is CCNC(CCN(C)C)c1ccc(Cl)s1. The molecule has 1 heterocycles. The quantitative estimate of drug-likeness (QED) is 0.830. The number of halogens is 1. The van der Waals surface area contributed by atoms with E-state index >= 15 is 0 Å². The molecule has 0 radical (unpaired) electrons. The molecule has 0 bridgehead atoms. The van der Waals surface area contributed by atoms with Crippen LogP contribution < -0.4 is 5.32 Å². The maximum absolute atomic E-state index is 5.95. The fourth-order valence-electron chi connectivity index (χ4n) is 1.49. The summed E-state index contributed by atoms with van der Waals surface area (Å²) >= 11 is 7.62. The van der Waals surface area contributed by atoms with E-state index in [1.165, 1.54) is 4.88 Å². The zero-order valence-electron chi connectivity index (χ0n) is 9.59. The highest BCUT2D eigenvalue weighted by molar-refractivity contribution is 7.16. The van der Waals surface area contributed by atoms with E-state index in [9.17, 15) is 0 Å². The van der Waals surface area contributed by atoms with E-state index in [-0.39, 0.29) is 0 Å². The molecule has 0 saturated heterocycles. The van der Waals surface area contributed by atoms with Gasteiger partial charge in [-0.2, -0.15) is 0 Å². The van der Waals surface area contributed by atoms with Crippen molar-refractivity contribution in [3.05, 3.63) is 21.3 Å². The summed E-state index contributed by atoms with van der Waals surface area (Å²) in [4.78, 5) is 3.54. The molecule has 1 rings (SSSR count). The first-order valence-electron chi connectivity index (χ1n) is 5.26. The highest BCUT2D eigenvalue weighted by Crippen LogP contribution is 2.28. The molecule has 1 aromatic heterocycles. The fourth-order valence-corrected chi connectivity index (χ4v) is 2.67. The van der Waals surface area contributed by atoms with Crippen LogP contribution in [0.1, 0.15) is 24.3 Å². The van der Waals surface area contributed by atoms with Crippen LogP contribution in [0, 0.1) is 0 Å². The second-order valence-electron chi connectivity index (χ2n) is 3.84. The number of thiophene rings is 1. The number of hydrogen-bond acceptors (Lipinski definition) is 3. The Hall–Kier alpha value is -0.0900. The second-order valence-corrected chi connectivity index (χ2v) is 5.59. The summed E-state index contributed by atoms with van der Waals surface area (Å²) in [5.41, 5.74) is 0. The molecule has 0 aliphatic carbocycles. The standard InChI is InChI=1S/C11H19ClN2S/c1-4-13-9(7-8-14(2)3)10-5-6-11(12)15-10/h5-6,9,13H,4,7-8H2,1-3H3. The number of rotatable bonds is 6. The lowest BCUT2D eigenvalue weighted by Gasteiger charge is -2.18. The zero-order valence-corrected chi connectivity index (χ0v) is 11.2. The van der Waals surface area contributed by atoms with Gasteiger partial charge in [0.2, 0.25) is 0 Å². The van der Waals surface area contributed by atoms with Crippen LogP contribution in [0.4, 0.5) is 0 Å². The third kappa shape index (κ3) is 4.51. The summed E-state index contributed by atoms with van der Waals surface area (Å²) < 4.78 is 0.873. The van der Waals surface area contributed by atoms with Gasteiger partial charge in [-0.25, -0.2) is 0 Å². The van der Waals surface area contributed by atoms with Crippen LogP contribution in [0.2, 0.25) is 4.34 Å². The van der Waals surface area contributed by atoms with Crippen molar-refractivity contribution in [3.63, 3.8) is 0 Å². The fraction of sp³-hybridized carbons (Fsp3) is 0.636. The molecule has 0 fully saturated rings. The predicted octanol–water partition coefficient (Wildman–Crippen LogP) is 3.00. The van der Waals surface area contributed by atoms with Crippen molar-refractivity contribution >= 4 is 22.9 Å². The van der Waals surface area contributed by atoms with Gasteiger partial charge in [0.15, 0.2) is 0 Å². The molecule has 0 aliphatic rings. The Kier molecular flexibility index (Phi) is 5.61. The van der Waals surface area contributed by atoms with Gasteiger partial charge in [0.25, 0.3) is 0 Å². The molecular weight excluding hydrogens is 228 g/mol. The Bertz CT molecular complexity index is 286. The average Bonchev–Trinajstić information content (AvgIpc) is 2.59. The van der Waals surface area contributed by atoms with Crippen LogP contribution in [-0.2, 0) is 0 Å². The molecule has 4 heteroatoms. The molecule has 0 amide bonds. The average molecular weight is 247 g/mol. The summed E-state index contributed by atoms with van der Waals surface area (Å²) in [6.45, 7) is 4.22. The van der Waals surface area contributed by atoms with E-state index in [0.717, 1.165) is 23.8 Å². The highest BCUT2D eigenvalue weighted by Gasteiger charge is 2.12. The summed E-state index contributed by atoms with van der Waals surface area (Å²) in [6.07, 6.45) is 1.12. The molecule has 15 heavy (non-hydrogen) atoms. The Labute approximate surface area is 101 Å². The Morgan fingerprint density at radius 1 is 1.47 bits per heavy atom. The van der Waals surface area contributed by atoms with Crippen LogP contribution in [0.3, 0.4) is 0 Å². The van der Waals surface area contributed by atoms with E-state index in [2.05, 4.69) is 37.3 Å². The van der Waals surface area contributed by atoms with E-state index in [1.807, 2.05) is 6.07 Å². The van der Waals surface area contributed by atoms with Crippen molar-refractivity contribution in [1.29, 1.82) is 0 Å². The first-order valence-corrected chi connectivity index (χ1v) is 6.46. The molecule has 1 N–H and O–H groups in total. The molecule has 0 saturated carbocycles. The minimum absolute atomic E-state index is 0.440. The zero-order chi connectivity index (χ0) is 11.3. The van der Waals surface area contributed by atoms with Crippen LogP contribution in [-0.4, -0.2) is 32.1 Å². The van der Waals surface area contributed by atoms with Crippen molar-refractivity contribution in [3.8, 4) is 0 Å². The molecule has 0 spiro atoms. The first kappa shape index (κ1) is 13.0. The maximum Gasteiger partial charge on any atom is 0.0931 e. The van der Waals surface area contributed by atoms with Gasteiger partial charge in [0.1, 0.15) is 0 Å². The van der Waals surface area contributed by atoms with Crippen LogP contribution in [0.25, 0.3) is 0 Å². The third-order valence-corrected chi connectivity index (χ3v) is 3.60. The van der Waals surface area contributed by atoms with Gasteiger partial charge in [-0.05, 0) is 45.7 Å². The second kappa shape index (κ2) is 6.48. The molecule has 1 atom stereocenters. The third-order valence-electron chi connectivity index (χ3n) is 2.25. The van der Waals surface area contributed by atoms with Crippen molar-refractivity contribution in [2.75, 3.05) is 27.2 Å². The van der Waals surface area contributed by atoms with Crippen molar-refractivity contribution in [1.82, 2.24) is 10.2 Å². The number of nitrogens with one attached hydrogen (secondary N) is 1. The van der Waals surface area contributed by atoms with Gasteiger partial charge >= 0.3 is 0 Å². The molecule has 1 aromatic rings. The van der Waals surface area contributed by atoms with Crippen molar-refractivity contribution < 1.29 is 0 Å². The minimum Gasteiger partial charge on any atom is -0.309 e. The summed E-state index contributed by atoms with van der Waals surface area (Å²) in [7, 11) is 4.20. The van der Waals surface area contributed by atoms with Crippen molar-refractivity contribution in [2.45, 2.75) is 19.4 Å². The first-order chi connectivity index (χ1) is 7.13. The van der Waals surface area contributed by atoms with E-state index < -0.39 is 0 Å². The van der Waals surface area contributed by atoms with Gasteiger partial charge in [0.05, 0.1) is 4.34 Å². The Balaban J connectivity index is 2.57. The van der Waals surface area contributed by atoms with Gasteiger partial charge in [-0.15, -0.1) is 11.3 Å². The lowest BCUT2D eigenvalue weighted by Crippen LogP contribution is -2.24. The molecule has 86 valence electrons. The molecule has 0 aromatic carbocycles. The van der Waals surface area contributed by atoms with E-state index in [0.29, 0.717) is 6.04 Å². The monoisotopic (exact) mass is 246 g/mol. The molecule has 0 aliphatic heterocycles. The predicted molar refractivity (Wildman–Crippen MR) is 68.9 cm³/mol. The van der Waals surface area contributed by atoms with E-state index in [4.69, 9.17) is 11.6 Å². The van der Waals surface area contributed by atoms with Crippen LogP contribution in [0.15, 0.2) is 12.1 Å². The lowest BCUT2D eigenvalue weighted by molar-refractivity contribution is 0.365. The summed E-state index contributed by atoms with van der Waals surface area (Å²) in [5, 5.41) is 3.49. The Morgan fingerprint density at radius 2 is 2.20 bits per heavy atom. The lowest BCUT2D eigenvalue weighted by atomic mass is 10.1. The molecular formula is C11H19ClN2S. The maximum atomic E-state index is 5.95. The number of hydrogen-bond donors (Lipinski definition) is 1. The van der Waals surface area contributed by atoms with E-state index in [1.54, 1.807) is 11.3 Å². The van der Waals surface area contributed by atoms with Gasteiger partial charge in [-0.3, -0.25) is 0 Å². The smallest absolute Gasteiger partial charge is 0.0931 e. The normalized spacial score (nSPS) is 13.4. The Morgan fingerprint density at radius 3 is 2.67 bits per heavy atom. The van der Waals surface area contributed by atoms with Gasteiger partial charge < -0.3 is 10.2 Å². The largest absolute Gasteiger partial charge is 0.309 e. The number of nitrogens with zero attached hydrogens (tertiary/aromatic N) is 1. The highest BCUT2D eigenvalue weighted by atomic mass is 35.5.